The first-order chi connectivity index (χ1) is 14.6. The highest BCUT2D eigenvalue weighted by molar-refractivity contribution is 6.24. The van der Waals surface area contributed by atoms with E-state index in [9.17, 15) is 9.59 Å². The highest BCUT2D eigenvalue weighted by atomic mass is 16.2. The fraction of sp³-hybridized carbons (Fsp3) is 0.0400. The fourth-order valence-electron chi connectivity index (χ4n) is 3.03. The highest BCUT2D eigenvalue weighted by Crippen LogP contribution is 2.22. The summed E-state index contributed by atoms with van der Waals surface area (Å²) in [5.41, 5.74) is 3.40. The van der Waals surface area contributed by atoms with E-state index in [0.29, 0.717) is 16.8 Å². The maximum atomic E-state index is 13.3. The van der Waals surface area contributed by atoms with E-state index >= 15 is 0 Å². The van der Waals surface area contributed by atoms with E-state index in [1.165, 1.54) is 0 Å². The second kappa shape index (κ2) is 8.49. The van der Waals surface area contributed by atoms with Crippen LogP contribution in [0.4, 0.5) is 5.95 Å². The Balaban J connectivity index is 1.80. The largest absolute Gasteiger partial charge is 0.268 e. The molecule has 4 rings (SSSR count). The molecule has 2 amide bonds. The van der Waals surface area contributed by atoms with E-state index in [0.717, 1.165) is 16.0 Å². The number of anilines is 1. The highest BCUT2D eigenvalue weighted by Gasteiger charge is 2.28. The average Bonchev–Trinajstić information content (AvgIpc) is 2.81. The molecule has 0 atom stereocenters. The van der Waals surface area contributed by atoms with Crippen LogP contribution >= 0.6 is 0 Å². The Morgan fingerprint density at radius 2 is 1.23 bits per heavy atom. The predicted molar refractivity (Wildman–Crippen MR) is 116 cm³/mol. The van der Waals surface area contributed by atoms with Crippen LogP contribution in [0.5, 0.6) is 0 Å². The maximum absolute atomic E-state index is 13.3. The van der Waals surface area contributed by atoms with Crippen molar-refractivity contribution in [2.24, 2.45) is 0 Å². The summed E-state index contributed by atoms with van der Waals surface area (Å²) in [7, 11) is 0. The van der Waals surface area contributed by atoms with Crippen LogP contribution < -0.4 is 4.90 Å². The van der Waals surface area contributed by atoms with Crippen molar-refractivity contribution in [3.63, 3.8) is 0 Å². The van der Waals surface area contributed by atoms with Crippen molar-refractivity contribution in [1.29, 1.82) is 0 Å². The quantitative estimate of drug-likeness (QED) is 0.461. The maximum Gasteiger partial charge on any atom is 0.267 e. The molecular formula is C25H19N3O2. The van der Waals surface area contributed by atoms with Gasteiger partial charge in [-0.3, -0.25) is 9.59 Å². The number of hydrogen-bond donors (Lipinski definition) is 0. The van der Waals surface area contributed by atoms with Crippen molar-refractivity contribution in [3.8, 4) is 11.3 Å². The number of carbonyl (C=O) groups is 2. The summed E-state index contributed by atoms with van der Waals surface area (Å²) < 4.78 is 0. The van der Waals surface area contributed by atoms with Crippen molar-refractivity contribution < 1.29 is 9.59 Å². The summed E-state index contributed by atoms with van der Waals surface area (Å²) in [6, 6.07) is 26.9. The van der Waals surface area contributed by atoms with Crippen LogP contribution in [0.2, 0.25) is 0 Å². The third kappa shape index (κ3) is 4.00. The van der Waals surface area contributed by atoms with E-state index in [4.69, 9.17) is 0 Å². The second-order valence-electron chi connectivity index (χ2n) is 6.79. The van der Waals surface area contributed by atoms with Crippen LogP contribution in [-0.2, 0) is 0 Å². The first-order valence-electron chi connectivity index (χ1n) is 9.52. The Morgan fingerprint density at radius 3 is 1.77 bits per heavy atom. The summed E-state index contributed by atoms with van der Waals surface area (Å²) in [5.74, 6) is -0.924. The standard InChI is InChI=1S/C25H19N3O2/c1-18-12-14-19(15-13-18)22-16-17-26-25(27-22)28(23(29)20-8-4-2-5-9-20)24(30)21-10-6-3-7-11-21/h2-17H,1H3. The summed E-state index contributed by atoms with van der Waals surface area (Å²) >= 11 is 0. The van der Waals surface area contributed by atoms with Gasteiger partial charge in [0.2, 0.25) is 5.95 Å². The number of nitrogens with zero attached hydrogens (tertiary/aromatic N) is 3. The Hall–Kier alpha value is -4.12. The minimum Gasteiger partial charge on any atom is -0.268 e. The van der Waals surface area contributed by atoms with Crippen molar-refractivity contribution in [1.82, 2.24) is 9.97 Å². The molecule has 0 N–H and O–H groups in total. The van der Waals surface area contributed by atoms with Gasteiger partial charge < -0.3 is 0 Å². The zero-order valence-electron chi connectivity index (χ0n) is 16.4. The lowest BCUT2D eigenvalue weighted by Crippen LogP contribution is -2.38. The number of aryl methyl sites for hydroxylation is 1. The molecule has 30 heavy (non-hydrogen) atoms. The molecule has 0 saturated carbocycles. The summed E-state index contributed by atoms with van der Waals surface area (Å²) in [6.45, 7) is 2.01. The van der Waals surface area contributed by atoms with Crippen LogP contribution in [0.1, 0.15) is 26.3 Å². The molecule has 0 aliphatic heterocycles. The molecule has 0 fully saturated rings. The normalized spacial score (nSPS) is 10.4. The molecule has 3 aromatic carbocycles. The van der Waals surface area contributed by atoms with Crippen molar-refractivity contribution in [2.75, 3.05) is 4.90 Å². The van der Waals surface area contributed by atoms with Gasteiger partial charge in [-0.05, 0) is 37.3 Å². The van der Waals surface area contributed by atoms with Crippen molar-refractivity contribution in [3.05, 3.63) is 114 Å². The molecule has 146 valence electrons. The number of rotatable bonds is 4. The molecule has 0 aliphatic rings. The van der Waals surface area contributed by atoms with Crippen LogP contribution in [0, 0.1) is 6.92 Å². The second-order valence-corrected chi connectivity index (χ2v) is 6.79. The molecule has 5 heteroatoms. The van der Waals surface area contributed by atoms with Gasteiger partial charge in [-0.1, -0.05) is 66.2 Å². The van der Waals surface area contributed by atoms with Gasteiger partial charge in [0, 0.05) is 22.9 Å². The summed E-state index contributed by atoms with van der Waals surface area (Å²) in [6.07, 6.45) is 1.56. The fourth-order valence-corrected chi connectivity index (χ4v) is 3.03. The first kappa shape index (κ1) is 19.2. The van der Waals surface area contributed by atoms with Gasteiger partial charge in [0.1, 0.15) is 0 Å². The molecule has 0 unspecified atom stereocenters. The molecule has 1 heterocycles. The molecule has 4 aromatic rings. The third-order valence-corrected chi connectivity index (χ3v) is 4.64. The van der Waals surface area contributed by atoms with Gasteiger partial charge in [-0.2, -0.15) is 0 Å². The monoisotopic (exact) mass is 393 g/mol. The average molecular weight is 393 g/mol. The molecule has 0 radical (unpaired) electrons. The van der Waals surface area contributed by atoms with E-state index in [2.05, 4.69) is 9.97 Å². The number of aromatic nitrogens is 2. The van der Waals surface area contributed by atoms with Gasteiger partial charge in [0.25, 0.3) is 11.8 Å². The lowest BCUT2D eigenvalue weighted by atomic mass is 10.1. The lowest BCUT2D eigenvalue weighted by Gasteiger charge is -2.19. The minimum absolute atomic E-state index is 0.0378. The summed E-state index contributed by atoms with van der Waals surface area (Å²) in [5, 5.41) is 0. The Bertz CT molecular complexity index is 1120. The molecule has 0 bridgehead atoms. The summed E-state index contributed by atoms with van der Waals surface area (Å²) in [4.78, 5) is 36.4. The smallest absolute Gasteiger partial charge is 0.267 e. The van der Waals surface area contributed by atoms with Gasteiger partial charge >= 0.3 is 0 Å². The number of carbonyl (C=O) groups excluding carboxylic acids is 2. The van der Waals surface area contributed by atoms with E-state index in [1.807, 2.05) is 43.3 Å². The topological polar surface area (TPSA) is 63.2 Å². The van der Waals surface area contributed by atoms with Crippen LogP contribution in [0.25, 0.3) is 11.3 Å². The number of imide groups is 1. The SMILES string of the molecule is Cc1ccc(-c2ccnc(N(C(=O)c3ccccc3)C(=O)c3ccccc3)n2)cc1. The molecule has 5 nitrogen and oxygen atoms in total. The molecule has 0 aliphatic carbocycles. The Labute approximate surface area is 174 Å². The van der Waals surface area contributed by atoms with Gasteiger partial charge in [-0.15, -0.1) is 0 Å². The Kier molecular flexibility index (Phi) is 5.44. The van der Waals surface area contributed by atoms with Crippen molar-refractivity contribution >= 4 is 17.8 Å². The van der Waals surface area contributed by atoms with E-state index in [1.54, 1.807) is 60.8 Å². The zero-order chi connectivity index (χ0) is 20.9. The minimum atomic E-state index is -0.481. The molecule has 1 aromatic heterocycles. The molecular weight excluding hydrogens is 374 g/mol. The number of benzene rings is 3. The zero-order valence-corrected chi connectivity index (χ0v) is 16.4. The van der Waals surface area contributed by atoms with Crippen LogP contribution in [-0.4, -0.2) is 21.8 Å². The van der Waals surface area contributed by atoms with Crippen LogP contribution in [0.15, 0.2) is 97.2 Å². The Morgan fingerprint density at radius 1 is 0.700 bits per heavy atom. The van der Waals surface area contributed by atoms with Crippen LogP contribution in [0.3, 0.4) is 0 Å². The van der Waals surface area contributed by atoms with E-state index < -0.39 is 11.8 Å². The van der Waals surface area contributed by atoms with Gasteiger partial charge in [0.05, 0.1) is 5.69 Å². The molecule has 0 saturated heterocycles. The van der Waals surface area contributed by atoms with Gasteiger partial charge in [0.15, 0.2) is 0 Å². The van der Waals surface area contributed by atoms with Gasteiger partial charge in [-0.25, -0.2) is 14.9 Å². The van der Waals surface area contributed by atoms with Crippen molar-refractivity contribution in [2.45, 2.75) is 6.92 Å². The predicted octanol–water partition coefficient (Wildman–Crippen LogP) is 4.94. The lowest BCUT2D eigenvalue weighted by molar-refractivity contribution is 0.0895. The third-order valence-electron chi connectivity index (χ3n) is 4.64. The molecule has 0 spiro atoms. The number of hydrogen-bond acceptors (Lipinski definition) is 4. The number of amides is 2. The van der Waals surface area contributed by atoms with E-state index in [-0.39, 0.29) is 5.95 Å². The first-order valence-corrected chi connectivity index (χ1v) is 9.52.